The first-order valence-corrected chi connectivity index (χ1v) is 24.4. The Balaban J connectivity index is 2.26. The van der Waals surface area contributed by atoms with Gasteiger partial charge in [-0.05, 0) is 32.1 Å². The average Bonchev–Trinajstić information content (AvgIpc) is 3.53. The molecule has 302 valence electrons. The van der Waals surface area contributed by atoms with Gasteiger partial charge < -0.3 is 0 Å². The molecule has 0 N–H and O–H groups in total. The molecule has 0 unspecified atom stereocenters. The van der Waals surface area contributed by atoms with Gasteiger partial charge in [0.2, 0.25) is 0 Å². The fourth-order valence-corrected chi connectivity index (χ4v) is 8.27. The van der Waals surface area contributed by atoms with E-state index in [4.69, 9.17) is 0 Å². The zero-order valence-electron chi connectivity index (χ0n) is 36.0. The lowest BCUT2D eigenvalue weighted by molar-refractivity contribution is -0.704. The Morgan fingerprint density at radius 3 is 0.941 bits per heavy atom. The second-order valence-corrected chi connectivity index (χ2v) is 16.9. The Morgan fingerprint density at radius 2 is 0.608 bits per heavy atom. The second-order valence-electron chi connectivity index (χ2n) is 16.9. The highest BCUT2D eigenvalue weighted by Gasteiger charge is 2.16. The fourth-order valence-electron chi connectivity index (χ4n) is 8.27. The van der Waals surface area contributed by atoms with Gasteiger partial charge in [0, 0.05) is 6.42 Å². The molecule has 51 heavy (non-hydrogen) atoms. The molecule has 1 aromatic heterocycles. The molecule has 1 aromatic rings. The first-order chi connectivity index (χ1) is 25.3. The van der Waals surface area contributed by atoms with Gasteiger partial charge >= 0.3 is 0 Å². The van der Waals surface area contributed by atoms with Crippen molar-refractivity contribution in [1.82, 2.24) is 4.57 Å². The van der Waals surface area contributed by atoms with E-state index in [-0.39, 0.29) is 0 Å². The van der Waals surface area contributed by atoms with E-state index in [0.717, 1.165) is 0 Å². The summed E-state index contributed by atoms with van der Waals surface area (Å²) in [6.07, 6.45) is 63.8. The van der Waals surface area contributed by atoms with Crippen molar-refractivity contribution >= 4 is 0 Å². The SMILES string of the molecule is CCCCCCCCCCCCCCCCCn1cc[n+](CCCCCCCCCCCCC)c1CCCCCCCCCCCCCCCC. The monoisotopic (exact) mass is 714 g/mol. The Bertz CT molecular complexity index is 781. The van der Waals surface area contributed by atoms with Gasteiger partial charge in [0.25, 0.3) is 5.82 Å². The molecule has 0 bridgehead atoms. The summed E-state index contributed by atoms with van der Waals surface area (Å²) < 4.78 is 5.31. The van der Waals surface area contributed by atoms with Crippen molar-refractivity contribution in [3.05, 3.63) is 18.2 Å². The number of aromatic nitrogens is 2. The number of nitrogens with zero attached hydrogens (tertiary/aromatic N) is 2. The van der Waals surface area contributed by atoms with Gasteiger partial charge in [0.1, 0.15) is 12.4 Å². The van der Waals surface area contributed by atoms with E-state index in [1.165, 1.54) is 276 Å². The smallest absolute Gasteiger partial charge is 0.234 e. The van der Waals surface area contributed by atoms with Gasteiger partial charge in [0.15, 0.2) is 0 Å². The topological polar surface area (TPSA) is 8.81 Å². The van der Waals surface area contributed by atoms with Crippen LogP contribution in [0.1, 0.15) is 283 Å². The van der Waals surface area contributed by atoms with Crippen molar-refractivity contribution in [2.45, 2.75) is 297 Å². The van der Waals surface area contributed by atoms with E-state index in [1.807, 2.05) is 0 Å². The lowest BCUT2D eigenvalue weighted by Crippen LogP contribution is -2.37. The highest BCUT2D eigenvalue weighted by atomic mass is 15.1. The average molecular weight is 714 g/mol. The molecule has 2 nitrogen and oxygen atoms in total. The standard InChI is InChI=1S/C49H97N2/c1-4-7-10-13-16-19-22-24-26-28-31-34-37-40-43-46-51-48-47-50(45-42-39-36-33-30-21-18-15-12-9-6-3)49(51)44-41-38-35-32-29-27-25-23-20-17-14-11-8-5-2/h47-48H,4-46H2,1-3H3/q+1. The van der Waals surface area contributed by atoms with Crippen molar-refractivity contribution in [3.63, 3.8) is 0 Å². The molecule has 0 aliphatic heterocycles. The molecule has 0 spiro atoms. The zero-order valence-corrected chi connectivity index (χ0v) is 36.0. The van der Waals surface area contributed by atoms with Crippen LogP contribution in [0.2, 0.25) is 0 Å². The largest absolute Gasteiger partial charge is 0.256 e. The van der Waals surface area contributed by atoms with Gasteiger partial charge in [-0.1, -0.05) is 245 Å². The third-order valence-corrected chi connectivity index (χ3v) is 11.8. The second kappa shape index (κ2) is 40.4. The summed E-state index contributed by atoms with van der Waals surface area (Å²) in [6.45, 7) is 9.42. The predicted octanol–water partition coefficient (Wildman–Crippen LogP) is 17.0. The van der Waals surface area contributed by atoms with Gasteiger partial charge in [-0.25, -0.2) is 9.13 Å². The summed E-state index contributed by atoms with van der Waals surface area (Å²) in [7, 11) is 0. The Labute approximate surface area is 323 Å². The minimum atomic E-state index is 1.23. The minimum Gasteiger partial charge on any atom is -0.234 e. The molecule has 0 saturated heterocycles. The van der Waals surface area contributed by atoms with Crippen molar-refractivity contribution < 1.29 is 4.57 Å². The third-order valence-electron chi connectivity index (χ3n) is 11.8. The summed E-state index contributed by atoms with van der Waals surface area (Å²) in [6, 6.07) is 0. The molecule has 2 heteroatoms. The van der Waals surface area contributed by atoms with E-state index in [1.54, 1.807) is 5.82 Å². The van der Waals surface area contributed by atoms with E-state index in [2.05, 4.69) is 42.3 Å². The van der Waals surface area contributed by atoms with Crippen LogP contribution in [0.4, 0.5) is 0 Å². The Kier molecular flexibility index (Phi) is 38.2. The maximum absolute atomic E-state index is 2.66. The first-order valence-electron chi connectivity index (χ1n) is 24.4. The molecular formula is C49H97N2+. The summed E-state index contributed by atoms with van der Waals surface area (Å²) in [4.78, 5) is 0. The lowest BCUT2D eigenvalue weighted by Gasteiger charge is -2.07. The molecule has 0 radical (unpaired) electrons. The summed E-state index contributed by atoms with van der Waals surface area (Å²) >= 11 is 0. The maximum atomic E-state index is 2.66. The van der Waals surface area contributed by atoms with E-state index >= 15 is 0 Å². The molecule has 1 rings (SSSR count). The van der Waals surface area contributed by atoms with Crippen LogP contribution in [0.15, 0.2) is 12.4 Å². The summed E-state index contributed by atoms with van der Waals surface area (Å²) in [5, 5.41) is 0. The molecule has 0 aliphatic carbocycles. The number of aryl methyl sites for hydroxylation is 2. The Morgan fingerprint density at radius 1 is 0.333 bits per heavy atom. The Hall–Kier alpha value is -0.790. The van der Waals surface area contributed by atoms with Gasteiger partial charge in [-0.3, -0.25) is 0 Å². The molecule has 0 fully saturated rings. The highest BCUT2D eigenvalue weighted by molar-refractivity contribution is 4.84. The van der Waals surface area contributed by atoms with Crippen LogP contribution < -0.4 is 4.57 Å². The van der Waals surface area contributed by atoms with Crippen LogP contribution in [-0.2, 0) is 19.5 Å². The number of unbranched alkanes of at least 4 members (excludes halogenated alkanes) is 37. The van der Waals surface area contributed by atoms with Crippen molar-refractivity contribution in [3.8, 4) is 0 Å². The van der Waals surface area contributed by atoms with Crippen LogP contribution in [-0.4, -0.2) is 4.57 Å². The minimum absolute atomic E-state index is 1.23. The lowest BCUT2D eigenvalue weighted by atomic mass is 10.0. The molecule has 0 aromatic carbocycles. The molecule has 0 aliphatic rings. The first kappa shape index (κ1) is 48.2. The van der Waals surface area contributed by atoms with E-state index in [0.29, 0.717) is 0 Å². The van der Waals surface area contributed by atoms with Gasteiger partial charge in [-0.15, -0.1) is 0 Å². The third kappa shape index (κ3) is 32.4. The highest BCUT2D eigenvalue weighted by Crippen LogP contribution is 2.17. The van der Waals surface area contributed by atoms with Crippen LogP contribution in [0.5, 0.6) is 0 Å². The number of hydrogen-bond donors (Lipinski definition) is 0. The molecule has 0 amide bonds. The zero-order chi connectivity index (χ0) is 36.6. The fraction of sp³-hybridized carbons (Fsp3) is 0.939. The van der Waals surface area contributed by atoms with Gasteiger partial charge in [0.05, 0.1) is 13.1 Å². The molecule has 0 saturated carbocycles. The molecule has 0 atom stereocenters. The van der Waals surface area contributed by atoms with E-state index < -0.39 is 0 Å². The van der Waals surface area contributed by atoms with Gasteiger partial charge in [-0.2, -0.15) is 0 Å². The van der Waals surface area contributed by atoms with Crippen LogP contribution in [0.3, 0.4) is 0 Å². The number of imidazole rings is 1. The maximum Gasteiger partial charge on any atom is 0.256 e. The summed E-state index contributed by atoms with van der Waals surface area (Å²) in [5.74, 6) is 1.63. The van der Waals surface area contributed by atoms with Crippen LogP contribution >= 0.6 is 0 Å². The molecular weight excluding hydrogens is 617 g/mol. The number of hydrogen-bond acceptors (Lipinski definition) is 0. The quantitative estimate of drug-likeness (QED) is 0.0471. The van der Waals surface area contributed by atoms with Crippen molar-refractivity contribution in [2.75, 3.05) is 0 Å². The van der Waals surface area contributed by atoms with Crippen LogP contribution in [0, 0.1) is 0 Å². The van der Waals surface area contributed by atoms with E-state index in [9.17, 15) is 0 Å². The number of rotatable bonds is 43. The molecule has 1 heterocycles. The van der Waals surface area contributed by atoms with Crippen molar-refractivity contribution in [2.24, 2.45) is 0 Å². The van der Waals surface area contributed by atoms with Crippen LogP contribution in [0.25, 0.3) is 0 Å². The normalized spacial score (nSPS) is 11.7. The predicted molar refractivity (Wildman–Crippen MR) is 230 cm³/mol. The van der Waals surface area contributed by atoms with Crippen molar-refractivity contribution in [1.29, 1.82) is 0 Å². The summed E-state index contributed by atoms with van der Waals surface area (Å²) in [5.41, 5.74) is 0.